The van der Waals surface area contributed by atoms with Crippen LogP contribution in [0.3, 0.4) is 0 Å². The summed E-state index contributed by atoms with van der Waals surface area (Å²) in [5.41, 5.74) is 2.28. The van der Waals surface area contributed by atoms with Gasteiger partial charge in [-0.3, -0.25) is 9.59 Å². The number of nitrogens with zero attached hydrogens (tertiary/aromatic N) is 1. The maximum Gasteiger partial charge on any atom is 0.309 e. The highest BCUT2D eigenvalue weighted by Gasteiger charge is 2.44. The molecule has 1 aliphatic heterocycles. The van der Waals surface area contributed by atoms with E-state index in [0.717, 1.165) is 12.0 Å². The molecule has 0 radical (unpaired) electrons. The summed E-state index contributed by atoms with van der Waals surface area (Å²) in [6, 6.07) is 7.89. The lowest BCUT2D eigenvalue weighted by Crippen LogP contribution is -2.31. The summed E-state index contributed by atoms with van der Waals surface area (Å²) in [7, 11) is 0. The summed E-state index contributed by atoms with van der Waals surface area (Å²) in [6.07, 6.45) is 3.46. The smallest absolute Gasteiger partial charge is 0.309 e. The van der Waals surface area contributed by atoms with Crippen LogP contribution >= 0.6 is 0 Å². The summed E-state index contributed by atoms with van der Waals surface area (Å²) >= 11 is 0. The molecule has 1 aliphatic carbocycles. The second kappa shape index (κ2) is 5.51. The molecule has 1 aromatic rings. The van der Waals surface area contributed by atoms with E-state index in [9.17, 15) is 14.7 Å². The van der Waals surface area contributed by atoms with Crippen molar-refractivity contribution in [1.29, 1.82) is 0 Å². The molecule has 1 heterocycles. The Labute approximate surface area is 124 Å². The molecule has 112 valence electrons. The number of hydrogen-bond acceptors (Lipinski definition) is 2. The number of hydrogen-bond donors (Lipinski definition) is 1. The number of carboxylic acid groups (broad SMARTS) is 1. The van der Waals surface area contributed by atoms with Crippen molar-refractivity contribution in [2.24, 2.45) is 5.92 Å². The number of benzene rings is 1. The van der Waals surface area contributed by atoms with E-state index < -0.39 is 11.9 Å². The second-order valence-electron chi connectivity index (χ2n) is 6.12. The number of carbonyl (C=O) groups is 2. The first-order chi connectivity index (χ1) is 10.1. The molecule has 2 aliphatic rings. The quantitative estimate of drug-likeness (QED) is 0.905. The molecule has 2 fully saturated rings. The van der Waals surface area contributed by atoms with Crippen molar-refractivity contribution in [3.05, 3.63) is 35.4 Å². The summed E-state index contributed by atoms with van der Waals surface area (Å²) in [5, 5.41) is 9.42. The van der Waals surface area contributed by atoms with E-state index in [0.29, 0.717) is 12.5 Å². The van der Waals surface area contributed by atoms with E-state index in [4.69, 9.17) is 0 Å². The zero-order chi connectivity index (χ0) is 15.0. The maximum absolute atomic E-state index is 12.1. The Bertz CT molecular complexity index is 548. The van der Waals surface area contributed by atoms with E-state index >= 15 is 0 Å². The molecule has 0 spiro atoms. The minimum Gasteiger partial charge on any atom is -0.481 e. The van der Waals surface area contributed by atoms with Gasteiger partial charge in [0.05, 0.1) is 12.0 Å². The fourth-order valence-electron chi connectivity index (χ4n) is 3.31. The molecular formula is C17H21NO3. The highest BCUT2D eigenvalue weighted by atomic mass is 16.4. The Morgan fingerprint density at radius 2 is 1.86 bits per heavy atom. The minimum absolute atomic E-state index is 0.0412. The van der Waals surface area contributed by atoms with Gasteiger partial charge in [-0.2, -0.15) is 0 Å². The zero-order valence-electron chi connectivity index (χ0n) is 12.3. The predicted octanol–water partition coefficient (Wildman–Crippen LogP) is 2.95. The number of aliphatic carboxylic acids is 1. The van der Waals surface area contributed by atoms with Gasteiger partial charge in [0.2, 0.25) is 5.91 Å². The van der Waals surface area contributed by atoms with Crippen LogP contribution in [0.2, 0.25) is 0 Å². The summed E-state index contributed by atoms with van der Waals surface area (Å²) in [6.45, 7) is 2.63. The molecule has 2 unspecified atom stereocenters. The number of likely N-dealkylation sites (tertiary alicyclic amines) is 1. The molecule has 0 bridgehead atoms. The van der Waals surface area contributed by atoms with Crippen LogP contribution in [0.4, 0.5) is 0 Å². The first kappa shape index (κ1) is 14.1. The van der Waals surface area contributed by atoms with Gasteiger partial charge in [0.1, 0.15) is 0 Å². The minimum atomic E-state index is -0.877. The van der Waals surface area contributed by atoms with Crippen molar-refractivity contribution >= 4 is 11.9 Å². The Hall–Kier alpha value is -1.84. The molecule has 1 saturated carbocycles. The summed E-state index contributed by atoms with van der Waals surface area (Å²) in [4.78, 5) is 25.3. The van der Waals surface area contributed by atoms with Crippen molar-refractivity contribution in [2.45, 2.75) is 44.6 Å². The highest BCUT2D eigenvalue weighted by molar-refractivity contribution is 5.87. The third kappa shape index (κ3) is 2.67. The third-order valence-electron chi connectivity index (χ3n) is 4.54. The van der Waals surface area contributed by atoms with Crippen LogP contribution in [0.15, 0.2) is 24.3 Å². The molecule has 4 nitrogen and oxygen atoms in total. The van der Waals surface area contributed by atoms with Crippen molar-refractivity contribution in [3.8, 4) is 0 Å². The maximum atomic E-state index is 12.1. The molecular weight excluding hydrogens is 266 g/mol. The van der Waals surface area contributed by atoms with Crippen LogP contribution in [0.25, 0.3) is 0 Å². The van der Waals surface area contributed by atoms with Crippen LogP contribution in [-0.4, -0.2) is 28.4 Å². The summed E-state index contributed by atoms with van der Waals surface area (Å²) < 4.78 is 0. The predicted molar refractivity (Wildman–Crippen MR) is 78.9 cm³/mol. The van der Waals surface area contributed by atoms with E-state index in [-0.39, 0.29) is 18.4 Å². The first-order valence-corrected chi connectivity index (χ1v) is 7.74. The van der Waals surface area contributed by atoms with Crippen molar-refractivity contribution in [2.75, 3.05) is 6.54 Å². The average Bonchev–Trinajstić information content (AvgIpc) is 3.26. The molecule has 1 amide bonds. The van der Waals surface area contributed by atoms with Crippen LogP contribution in [0, 0.1) is 5.92 Å². The van der Waals surface area contributed by atoms with Gasteiger partial charge in [0.25, 0.3) is 0 Å². The van der Waals surface area contributed by atoms with E-state index in [1.54, 1.807) is 4.90 Å². The second-order valence-corrected chi connectivity index (χ2v) is 6.12. The van der Waals surface area contributed by atoms with Crippen molar-refractivity contribution < 1.29 is 14.7 Å². The van der Waals surface area contributed by atoms with Gasteiger partial charge in [-0.1, -0.05) is 31.2 Å². The topological polar surface area (TPSA) is 57.6 Å². The van der Waals surface area contributed by atoms with Gasteiger partial charge >= 0.3 is 5.97 Å². The third-order valence-corrected chi connectivity index (χ3v) is 4.54. The van der Waals surface area contributed by atoms with Crippen LogP contribution in [0.1, 0.15) is 55.7 Å². The molecule has 1 saturated heterocycles. The van der Waals surface area contributed by atoms with Gasteiger partial charge in [0, 0.05) is 13.0 Å². The Kier molecular flexibility index (Phi) is 3.70. The van der Waals surface area contributed by atoms with Gasteiger partial charge in [-0.15, -0.1) is 0 Å². The molecule has 1 N–H and O–H groups in total. The highest BCUT2D eigenvalue weighted by Crippen LogP contribution is 2.42. The Morgan fingerprint density at radius 3 is 2.38 bits per heavy atom. The molecule has 0 aromatic heterocycles. The van der Waals surface area contributed by atoms with E-state index in [1.807, 2.05) is 19.1 Å². The lowest BCUT2D eigenvalue weighted by Gasteiger charge is -2.27. The fourth-order valence-corrected chi connectivity index (χ4v) is 3.31. The summed E-state index contributed by atoms with van der Waals surface area (Å²) in [5.74, 6) is -0.860. The Morgan fingerprint density at radius 1 is 1.24 bits per heavy atom. The fraction of sp³-hybridized carbons (Fsp3) is 0.529. The van der Waals surface area contributed by atoms with E-state index in [2.05, 4.69) is 12.1 Å². The normalized spacial score (nSPS) is 25.4. The van der Waals surface area contributed by atoms with Gasteiger partial charge in [-0.25, -0.2) is 0 Å². The van der Waals surface area contributed by atoms with Gasteiger partial charge in [-0.05, 0) is 36.3 Å². The van der Waals surface area contributed by atoms with Gasteiger partial charge < -0.3 is 10.0 Å². The molecule has 1 aromatic carbocycles. The molecule has 21 heavy (non-hydrogen) atoms. The lowest BCUT2D eigenvalue weighted by molar-refractivity contribution is -0.142. The van der Waals surface area contributed by atoms with Gasteiger partial charge in [0.15, 0.2) is 0 Å². The molecule has 4 heteroatoms. The molecule has 3 rings (SSSR count). The van der Waals surface area contributed by atoms with E-state index in [1.165, 1.54) is 18.4 Å². The number of rotatable bonds is 5. The SMILES string of the molecule is CCCN1C(=O)CC(C(=O)O)C1c1ccc(C2CC2)cc1. The molecule has 2 atom stereocenters. The number of amides is 1. The Balaban J connectivity index is 1.89. The monoisotopic (exact) mass is 287 g/mol. The van der Waals surface area contributed by atoms with Crippen LogP contribution < -0.4 is 0 Å². The average molecular weight is 287 g/mol. The number of carbonyl (C=O) groups excluding carboxylic acids is 1. The lowest BCUT2D eigenvalue weighted by atomic mass is 9.92. The van der Waals surface area contributed by atoms with Crippen molar-refractivity contribution in [1.82, 2.24) is 4.90 Å². The largest absolute Gasteiger partial charge is 0.481 e. The van der Waals surface area contributed by atoms with Crippen molar-refractivity contribution in [3.63, 3.8) is 0 Å². The number of carboxylic acids is 1. The standard InChI is InChI=1S/C17H21NO3/c1-2-9-18-15(19)10-14(17(20)21)16(18)13-7-5-12(6-8-13)11-3-4-11/h5-8,11,14,16H,2-4,9-10H2,1H3,(H,20,21). The zero-order valence-corrected chi connectivity index (χ0v) is 12.3. The first-order valence-electron chi connectivity index (χ1n) is 7.74. The van der Waals surface area contributed by atoms with Crippen LogP contribution in [0.5, 0.6) is 0 Å². The van der Waals surface area contributed by atoms with Crippen LogP contribution in [-0.2, 0) is 9.59 Å².